The molecule has 6 N–H and O–H groups in total. The molecule has 340 valence electrons. The second-order valence-corrected chi connectivity index (χ2v) is 19.7. The van der Waals surface area contributed by atoms with E-state index in [0.29, 0.717) is 25.3 Å². The second-order valence-electron chi connectivity index (χ2n) is 19.7. The number of rotatable bonds is 10. The summed E-state index contributed by atoms with van der Waals surface area (Å²) in [5.74, 6) is -2.35. The van der Waals surface area contributed by atoms with E-state index in [1.54, 1.807) is 27.9 Å². The van der Waals surface area contributed by atoms with E-state index in [1.807, 2.05) is 60.5 Å². The summed E-state index contributed by atoms with van der Waals surface area (Å²) in [5, 5.41) is 63.1. The number of carbonyl (C=O) groups excluding carboxylic acids is 1. The Morgan fingerprint density at radius 1 is 0.931 bits per heavy atom. The molecule has 0 radical (unpaired) electrons. The molecule has 1 unspecified atom stereocenters. The van der Waals surface area contributed by atoms with Gasteiger partial charge in [0.2, 0.25) is 0 Å². The van der Waals surface area contributed by atoms with Gasteiger partial charge in [-0.3, -0.25) is 4.79 Å². The molecule has 0 amide bonds. The lowest BCUT2D eigenvalue weighted by molar-refractivity contribution is -0.339. The van der Waals surface area contributed by atoms with Gasteiger partial charge in [-0.2, -0.15) is 0 Å². The largest absolute Gasteiger partial charge is 0.459 e. The predicted molar refractivity (Wildman–Crippen MR) is 220 cm³/mol. The van der Waals surface area contributed by atoms with Crippen LogP contribution < -0.4 is 5.32 Å². The molecule has 1 aliphatic carbocycles. The Hall–Kier alpha value is -1.01. The highest BCUT2D eigenvalue weighted by molar-refractivity contribution is 5.73. The number of aliphatic hydroxyl groups excluding tert-OH is 2. The fourth-order valence-corrected chi connectivity index (χ4v) is 10.6. The van der Waals surface area contributed by atoms with E-state index in [2.05, 4.69) is 5.32 Å². The van der Waals surface area contributed by atoms with Crippen molar-refractivity contribution in [3.05, 3.63) is 0 Å². The number of carbonyl (C=O) groups is 1. The van der Waals surface area contributed by atoms with Crippen LogP contribution in [-0.4, -0.2) is 154 Å². The van der Waals surface area contributed by atoms with Crippen molar-refractivity contribution in [3.63, 3.8) is 0 Å². The van der Waals surface area contributed by atoms with Gasteiger partial charge in [0.25, 0.3) is 0 Å². The fourth-order valence-electron chi connectivity index (χ4n) is 10.6. The Labute approximate surface area is 349 Å². The summed E-state index contributed by atoms with van der Waals surface area (Å²) in [4.78, 5) is 16.3. The van der Waals surface area contributed by atoms with Gasteiger partial charge in [-0.1, -0.05) is 46.5 Å². The van der Waals surface area contributed by atoms with Crippen LogP contribution in [0.2, 0.25) is 0 Å². The van der Waals surface area contributed by atoms with Gasteiger partial charge in [-0.05, 0) is 107 Å². The van der Waals surface area contributed by atoms with Gasteiger partial charge >= 0.3 is 5.97 Å². The summed E-state index contributed by atoms with van der Waals surface area (Å²) in [6.07, 6.45) is -1.27. The minimum absolute atomic E-state index is 0.145. The predicted octanol–water partition coefficient (Wildman–Crippen LogP) is 3.90. The number of nitrogens with one attached hydrogen (secondary N) is 1. The molecule has 18 atom stereocenters. The summed E-state index contributed by atoms with van der Waals surface area (Å²) in [6, 6.07) is -0.576. The quantitative estimate of drug-likeness (QED) is 0.174. The maximum atomic E-state index is 14.4. The van der Waals surface area contributed by atoms with Crippen LogP contribution in [-0.2, 0) is 33.2 Å². The molecule has 3 heterocycles. The Morgan fingerprint density at radius 3 is 2.16 bits per heavy atom. The summed E-state index contributed by atoms with van der Waals surface area (Å²) >= 11 is 0. The zero-order chi connectivity index (χ0) is 43.5. The Morgan fingerprint density at radius 2 is 1.57 bits per heavy atom. The average Bonchev–Trinajstić information content (AvgIpc) is 3.68. The SMILES string of the molecule is CC[C@@H]1OC(=O)[C@H](C)[C@H](OC2C[C@@](C)(OC)[C@](O)(CCC3CCCC3)[C@H](C)O2)[C@@H](C)[C@@H](O[C@@H]2O[C@H](C)C[C@H](N(C)C)[C@H]2O)[C@](C)(O)C[C@@H](C)NC[C@@H](C)[C@H](O)[C@]1(C)O. The first-order valence-electron chi connectivity index (χ1n) is 22.2. The highest BCUT2D eigenvalue weighted by atomic mass is 16.7. The van der Waals surface area contributed by atoms with Crippen LogP contribution in [0.4, 0.5) is 0 Å². The van der Waals surface area contributed by atoms with E-state index in [9.17, 15) is 30.3 Å². The van der Waals surface area contributed by atoms with Gasteiger partial charge in [0, 0.05) is 38.1 Å². The van der Waals surface area contributed by atoms with Gasteiger partial charge in [0.15, 0.2) is 12.6 Å². The lowest BCUT2D eigenvalue weighted by Crippen LogP contribution is -2.66. The van der Waals surface area contributed by atoms with Crippen molar-refractivity contribution in [2.45, 2.75) is 223 Å². The molecule has 58 heavy (non-hydrogen) atoms. The number of ether oxygens (including phenoxy) is 6. The van der Waals surface area contributed by atoms with Crippen LogP contribution in [0.3, 0.4) is 0 Å². The first-order chi connectivity index (χ1) is 26.9. The third-order valence-electron chi connectivity index (χ3n) is 14.6. The Kier molecular flexibility index (Phi) is 17.1. The molecule has 3 aliphatic heterocycles. The Bertz CT molecular complexity index is 1300. The summed E-state index contributed by atoms with van der Waals surface area (Å²) in [6.45, 7) is 18.1. The molecule has 0 aromatic carbocycles. The third kappa shape index (κ3) is 10.9. The molecule has 0 aromatic rings. The summed E-state index contributed by atoms with van der Waals surface area (Å²) in [7, 11) is 5.37. The average molecular weight is 831 g/mol. The lowest BCUT2D eigenvalue weighted by atomic mass is 9.71. The second kappa shape index (κ2) is 20.0. The topological polar surface area (TPSA) is 189 Å². The van der Waals surface area contributed by atoms with Gasteiger partial charge < -0.3 is 64.2 Å². The molecule has 3 saturated heterocycles. The number of likely N-dealkylation sites (N-methyl/N-ethyl adjacent to an activating group) is 1. The summed E-state index contributed by atoms with van der Waals surface area (Å²) < 4.78 is 38.7. The van der Waals surface area contributed by atoms with Crippen molar-refractivity contribution in [3.8, 4) is 0 Å². The zero-order valence-electron chi connectivity index (χ0n) is 38.0. The van der Waals surface area contributed by atoms with Crippen molar-refractivity contribution < 1.29 is 58.7 Å². The van der Waals surface area contributed by atoms with Gasteiger partial charge in [-0.25, -0.2) is 0 Å². The highest BCUT2D eigenvalue weighted by Crippen LogP contribution is 2.46. The number of hydrogen-bond donors (Lipinski definition) is 6. The first-order valence-corrected chi connectivity index (χ1v) is 22.2. The van der Waals surface area contributed by atoms with Crippen LogP contribution in [0.25, 0.3) is 0 Å². The fraction of sp³-hybridized carbons (Fsp3) is 0.977. The van der Waals surface area contributed by atoms with Crippen molar-refractivity contribution in [1.82, 2.24) is 10.2 Å². The number of esters is 1. The zero-order valence-corrected chi connectivity index (χ0v) is 38.0. The monoisotopic (exact) mass is 831 g/mol. The minimum Gasteiger partial charge on any atom is -0.459 e. The van der Waals surface area contributed by atoms with Crippen molar-refractivity contribution in [2.24, 2.45) is 23.7 Å². The number of hydrogen-bond acceptors (Lipinski definition) is 14. The van der Waals surface area contributed by atoms with Crippen molar-refractivity contribution in [1.29, 1.82) is 0 Å². The first kappa shape index (κ1) is 49.6. The maximum absolute atomic E-state index is 14.4. The number of aliphatic hydroxyl groups is 5. The summed E-state index contributed by atoms with van der Waals surface area (Å²) in [5.41, 5.74) is -5.75. The normalized spacial score (nSPS) is 48.4. The van der Waals surface area contributed by atoms with E-state index in [1.165, 1.54) is 19.8 Å². The molecule has 4 rings (SSSR count). The molecule has 4 aliphatic rings. The van der Waals surface area contributed by atoms with Crippen LogP contribution in [0.5, 0.6) is 0 Å². The molecule has 0 aromatic heterocycles. The molecular weight excluding hydrogens is 748 g/mol. The molecule has 4 fully saturated rings. The van der Waals surface area contributed by atoms with Crippen LogP contribution in [0, 0.1) is 23.7 Å². The van der Waals surface area contributed by atoms with E-state index in [-0.39, 0.29) is 37.5 Å². The molecule has 14 nitrogen and oxygen atoms in total. The lowest BCUT2D eigenvalue weighted by Gasteiger charge is -2.54. The molecular formula is C44H82N2O12. The van der Waals surface area contributed by atoms with Crippen molar-refractivity contribution >= 4 is 5.97 Å². The van der Waals surface area contributed by atoms with E-state index in [0.717, 1.165) is 19.3 Å². The van der Waals surface area contributed by atoms with E-state index < -0.39 is 95.3 Å². The molecule has 0 bridgehead atoms. The smallest absolute Gasteiger partial charge is 0.311 e. The van der Waals surface area contributed by atoms with Crippen LogP contribution in [0.15, 0.2) is 0 Å². The molecule has 14 heteroatoms. The highest BCUT2D eigenvalue weighted by Gasteiger charge is 2.58. The third-order valence-corrected chi connectivity index (χ3v) is 14.6. The van der Waals surface area contributed by atoms with E-state index >= 15 is 0 Å². The molecule has 1 saturated carbocycles. The van der Waals surface area contributed by atoms with Gasteiger partial charge in [0.1, 0.15) is 29.0 Å². The van der Waals surface area contributed by atoms with Gasteiger partial charge in [0.05, 0.1) is 42.0 Å². The minimum atomic E-state index is -1.78. The van der Waals surface area contributed by atoms with Crippen LogP contribution in [0.1, 0.15) is 133 Å². The van der Waals surface area contributed by atoms with Gasteiger partial charge in [-0.15, -0.1) is 0 Å². The molecule has 0 spiro atoms. The standard InChI is InChI=1S/C44H82N2O12/c1-14-33-43(10,51)37(48)25(2)24-45-26(3)22-41(8,50)38(58-40-35(47)32(46(11)12)21-27(4)54-40)28(5)36(29(6)39(49)56-33)57-34-23-42(9,53-13)44(52,30(7)55-34)20-19-31-17-15-16-18-31/h25-38,40,45,47-48,50-52H,14-24H2,1-13H3/t25-,26-,27-,28-,29-,30+,32+,33+,34?,35-,36-,37+,38-,40+,41-,42-,43-,44+/m1/s1. The van der Waals surface area contributed by atoms with Crippen LogP contribution >= 0.6 is 0 Å². The Balaban J connectivity index is 1.77. The number of cyclic esters (lactones) is 1. The number of nitrogens with zero attached hydrogens (tertiary/aromatic N) is 1. The van der Waals surface area contributed by atoms with Crippen molar-refractivity contribution in [2.75, 3.05) is 27.7 Å². The maximum Gasteiger partial charge on any atom is 0.311 e. The van der Waals surface area contributed by atoms with E-state index in [4.69, 9.17) is 28.4 Å². The number of methoxy groups -OCH3 is 1.